The number of halogens is 1. The van der Waals surface area contributed by atoms with Gasteiger partial charge in [0.15, 0.2) is 11.5 Å². The molecule has 0 fully saturated rings. The van der Waals surface area contributed by atoms with Gasteiger partial charge in [-0.15, -0.1) is 0 Å². The van der Waals surface area contributed by atoms with E-state index in [1.807, 2.05) is 72.8 Å². The van der Waals surface area contributed by atoms with Crippen molar-refractivity contribution in [3.05, 3.63) is 94.5 Å². The second-order valence-electron chi connectivity index (χ2n) is 5.99. The van der Waals surface area contributed by atoms with Crippen molar-refractivity contribution in [1.82, 2.24) is 0 Å². The number of nitrogens with one attached hydrogen (secondary N) is 1. The number of ether oxygens (including phenoxy) is 2. The van der Waals surface area contributed by atoms with E-state index in [9.17, 15) is 4.79 Å². The first-order valence-corrected chi connectivity index (χ1v) is 9.53. The molecule has 3 rings (SSSR count). The quantitative estimate of drug-likeness (QED) is 0.483. The summed E-state index contributed by atoms with van der Waals surface area (Å²) in [5.74, 6) is 0.987. The Balaban J connectivity index is 1.75. The van der Waals surface area contributed by atoms with Crippen LogP contribution in [0.1, 0.15) is 11.1 Å². The van der Waals surface area contributed by atoms with Crippen molar-refractivity contribution >= 4 is 33.6 Å². The third-order valence-electron chi connectivity index (χ3n) is 3.96. The Kier molecular flexibility index (Phi) is 6.87. The van der Waals surface area contributed by atoms with Crippen LogP contribution in [0.25, 0.3) is 6.08 Å². The van der Waals surface area contributed by atoms with Crippen molar-refractivity contribution in [1.29, 1.82) is 0 Å². The number of carbonyl (C=O) groups is 1. The Bertz CT molecular complexity index is 971. The third kappa shape index (κ3) is 5.47. The minimum absolute atomic E-state index is 0.227. The lowest BCUT2D eigenvalue weighted by molar-refractivity contribution is -0.111. The van der Waals surface area contributed by atoms with Crippen molar-refractivity contribution < 1.29 is 14.3 Å². The van der Waals surface area contributed by atoms with Crippen LogP contribution in [0.4, 0.5) is 5.69 Å². The molecule has 0 aliphatic rings. The van der Waals surface area contributed by atoms with Crippen LogP contribution < -0.4 is 14.8 Å². The number of para-hydroxylation sites is 1. The van der Waals surface area contributed by atoms with E-state index >= 15 is 0 Å². The molecule has 28 heavy (non-hydrogen) atoms. The normalized spacial score (nSPS) is 10.6. The van der Waals surface area contributed by atoms with Gasteiger partial charge >= 0.3 is 0 Å². The van der Waals surface area contributed by atoms with Gasteiger partial charge in [0.2, 0.25) is 5.91 Å². The molecule has 0 aliphatic heterocycles. The van der Waals surface area contributed by atoms with Crippen LogP contribution in [0.3, 0.4) is 0 Å². The van der Waals surface area contributed by atoms with E-state index in [1.165, 1.54) is 6.08 Å². The minimum Gasteiger partial charge on any atom is -0.493 e. The summed E-state index contributed by atoms with van der Waals surface area (Å²) < 4.78 is 12.3. The highest BCUT2D eigenvalue weighted by atomic mass is 79.9. The van der Waals surface area contributed by atoms with Crippen molar-refractivity contribution in [2.45, 2.75) is 6.61 Å². The van der Waals surface area contributed by atoms with Gasteiger partial charge in [-0.3, -0.25) is 4.79 Å². The predicted octanol–water partition coefficient (Wildman–Crippen LogP) is 5.69. The molecule has 0 unspecified atom stereocenters. The molecule has 0 radical (unpaired) electrons. The molecule has 3 aromatic rings. The Morgan fingerprint density at radius 2 is 1.82 bits per heavy atom. The average Bonchev–Trinajstić information content (AvgIpc) is 2.71. The third-order valence-corrected chi connectivity index (χ3v) is 4.45. The average molecular weight is 438 g/mol. The van der Waals surface area contributed by atoms with Gasteiger partial charge in [0.05, 0.1) is 7.11 Å². The van der Waals surface area contributed by atoms with Gasteiger partial charge in [0.25, 0.3) is 0 Å². The minimum atomic E-state index is -0.227. The van der Waals surface area contributed by atoms with Gasteiger partial charge in [-0.1, -0.05) is 64.5 Å². The topological polar surface area (TPSA) is 47.6 Å². The van der Waals surface area contributed by atoms with Crippen molar-refractivity contribution in [3.8, 4) is 11.5 Å². The standard InChI is InChI=1S/C23H20BrNO3/c1-27-21-12-5-9-18(23(21)28-16-17-7-3-2-4-8-17)13-14-22(26)25-20-11-6-10-19(24)15-20/h2-15H,16H2,1H3,(H,25,26)/b14-13+. The molecule has 1 amide bonds. The van der Waals surface area contributed by atoms with Crippen LogP contribution in [0, 0.1) is 0 Å². The summed E-state index contributed by atoms with van der Waals surface area (Å²) in [4.78, 5) is 12.3. The molecule has 0 aliphatic carbocycles. The van der Waals surface area contributed by atoms with E-state index in [4.69, 9.17) is 9.47 Å². The highest BCUT2D eigenvalue weighted by Crippen LogP contribution is 2.32. The van der Waals surface area contributed by atoms with Gasteiger partial charge in [-0.2, -0.15) is 0 Å². The molecule has 0 atom stereocenters. The lowest BCUT2D eigenvalue weighted by atomic mass is 10.1. The maximum Gasteiger partial charge on any atom is 0.248 e. The van der Waals surface area contributed by atoms with E-state index in [0.717, 1.165) is 21.3 Å². The highest BCUT2D eigenvalue weighted by Gasteiger charge is 2.09. The molecule has 0 bridgehead atoms. The monoisotopic (exact) mass is 437 g/mol. The summed E-state index contributed by atoms with van der Waals surface area (Å²) in [6.45, 7) is 0.409. The molecular weight excluding hydrogens is 418 g/mol. The summed E-state index contributed by atoms with van der Waals surface area (Å²) in [6.07, 6.45) is 3.20. The van der Waals surface area contributed by atoms with E-state index in [1.54, 1.807) is 13.2 Å². The fourth-order valence-electron chi connectivity index (χ4n) is 2.62. The molecule has 0 saturated heterocycles. The van der Waals surface area contributed by atoms with Gasteiger partial charge in [-0.25, -0.2) is 0 Å². The predicted molar refractivity (Wildman–Crippen MR) is 116 cm³/mol. The van der Waals surface area contributed by atoms with Crippen LogP contribution in [0.15, 0.2) is 83.3 Å². The smallest absolute Gasteiger partial charge is 0.248 e. The number of rotatable bonds is 7. The first-order chi connectivity index (χ1) is 13.7. The first-order valence-electron chi connectivity index (χ1n) is 8.74. The van der Waals surface area contributed by atoms with Gasteiger partial charge in [0, 0.05) is 21.8 Å². The number of benzene rings is 3. The zero-order valence-corrected chi connectivity index (χ0v) is 17.0. The molecule has 142 valence electrons. The Morgan fingerprint density at radius 3 is 2.57 bits per heavy atom. The van der Waals surface area contributed by atoms with Crippen molar-refractivity contribution in [2.24, 2.45) is 0 Å². The number of hydrogen-bond donors (Lipinski definition) is 1. The lowest BCUT2D eigenvalue weighted by Crippen LogP contribution is -2.07. The Morgan fingerprint density at radius 1 is 1.04 bits per heavy atom. The second kappa shape index (κ2) is 9.76. The second-order valence-corrected chi connectivity index (χ2v) is 6.90. The molecule has 0 saturated carbocycles. The van der Waals surface area contributed by atoms with Crippen LogP contribution in [0.5, 0.6) is 11.5 Å². The summed E-state index contributed by atoms with van der Waals surface area (Å²) in [5, 5.41) is 2.83. The van der Waals surface area contributed by atoms with Crippen LogP contribution in [-0.2, 0) is 11.4 Å². The Hall–Kier alpha value is -3.05. The molecule has 0 heterocycles. The lowest BCUT2D eigenvalue weighted by Gasteiger charge is -2.13. The first kappa shape index (κ1) is 19.7. The SMILES string of the molecule is COc1cccc(/C=C/C(=O)Nc2cccc(Br)c2)c1OCc1ccccc1. The van der Waals surface area contributed by atoms with E-state index in [0.29, 0.717) is 18.1 Å². The number of anilines is 1. The van der Waals surface area contributed by atoms with Crippen molar-refractivity contribution in [2.75, 3.05) is 12.4 Å². The molecule has 0 aromatic heterocycles. The number of carbonyl (C=O) groups excluding carboxylic acids is 1. The van der Waals surface area contributed by atoms with Gasteiger partial charge in [-0.05, 0) is 35.9 Å². The zero-order chi connectivity index (χ0) is 19.8. The summed E-state index contributed by atoms with van der Waals surface area (Å²) >= 11 is 3.39. The summed E-state index contributed by atoms with van der Waals surface area (Å²) in [6, 6.07) is 22.9. The maximum absolute atomic E-state index is 12.3. The molecular formula is C23H20BrNO3. The van der Waals surface area contributed by atoms with Gasteiger partial charge in [0.1, 0.15) is 6.61 Å². The van der Waals surface area contributed by atoms with E-state index in [-0.39, 0.29) is 5.91 Å². The molecule has 0 spiro atoms. The molecule has 4 nitrogen and oxygen atoms in total. The van der Waals surface area contributed by atoms with Crippen LogP contribution >= 0.6 is 15.9 Å². The summed E-state index contributed by atoms with van der Waals surface area (Å²) in [5.41, 5.74) is 2.53. The number of methoxy groups -OCH3 is 1. The molecule has 3 aromatic carbocycles. The fourth-order valence-corrected chi connectivity index (χ4v) is 3.02. The van der Waals surface area contributed by atoms with E-state index < -0.39 is 0 Å². The van der Waals surface area contributed by atoms with Gasteiger partial charge < -0.3 is 14.8 Å². The maximum atomic E-state index is 12.3. The van der Waals surface area contributed by atoms with Crippen LogP contribution in [0.2, 0.25) is 0 Å². The largest absolute Gasteiger partial charge is 0.493 e. The number of hydrogen-bond acceptors (Lipinski definition) is 3. The zero-order valence-electron chi connectivity index (χ0n) is 15.4. The van der Waals surface area contributed by atoms with Crippen molar-refractivity contribution in [3.63, 3.8) is 0 Å². The highest BCUT2D eigenvalue weighted by molar-refractivity contribution is 9.10. The number of amides is 1. The van der Waals surface area contributed by atoms with Crippen LogP contribution in [-0.4, -0.2) is 13.0 Å². The molecule has 1 N–H and O–H groups in total. The van der Waals surface area contributed by atoms with E-state index in [2.05, 4.69) is 21.2 Å². The molecule has 5 heteroatoms. The summed E-state index contributed by atoms with van der Waals surface area (Å²) in [7, 11) is 1.60. The fraction of sp³-hybridized carbons (Fsp3) is 0.0870. The Labute approximate surface area is 172 Å².